The van der Waals surface area contributed by atoms with Gasteiger partial charge in [-0.2, -0.15) is 0 Å². The van der Waals surface area contributed by atoms with Crippen molar-refractivity contribution in [2.75, 3.05) is 13.2 Å². The summed E-state index contributed by atoms with van der Waals surface area (Å²) in [4.78, 5) is 63.5. The molecule has 10 nitrogen and oxygen atoms in total. The maximum absolute atomic E-state index is 14.0. The highest BCUT2D eigenvalue weighted by Gasteiger charge is 2.23. The van der Waals surface area contributed by atoms with Crippen LogP contribution in [0.4, 0.5) is 0 Å². The zero-order valence-electron chi connectivity index (χ0n) is 24.7. The van der Waals surface area contributed by atoms with E-state index in [0.29, 0.717) is 33.2 Å². The normalized spacial score (nSPS) is 11.1. The van der Waals surface area contributed by atoms with E-state index >= 15 is 0 Å². The first-order valence-corrected chi connectivity index (χ1v) is 16.5. The van der Waals surface area contributed by atoms with Crippen LogP contribution in [-0.2, 0) is 9.47 Å². The van der Waals surface area contributed by atoms with Gasteiger partial charge in [-0.1, -0.05) is 48.5 Å². The van der Waals surface area contributed by atoms with Crippen molar-refractivity contribution in [2.24, 2.45) is 0 Å². The third-order valence-corrected chi connectivity index (χ3v) is 9.03. The van der Waals surface area contributed by atoms with Crippen LogP contribution >= 0.6 is 21.6 Å². The minimum Gasteiger partial charge on any atom is -0.462 e. The molecule has 0 fully saturated rings. The van der Waals surface area contributed by atoms with Gasteiger partial charge in [0.05, 0.1) is 57.5 Å². The van der Waals surface area contributed by atoms with Crippen molar-refractivity contribution in [3.63, 3.8) is 0 Å². The van der Waals surface area contributed by atoms with Crippen molar-refractivity contribution >= 4 is 55.3 Å². The number of fused-ring (bicyclic) bond motifs is 2. The molecule has 2 aromatic heterocycles. The smallest absolute Gasteiger partial charge is 0.340 e. The quantitative estimate of drug-likeness (QED) is 0.101. The number of rotatable bonds is 9. The Morgan fingerprint density at radius 3 is 1.37 bits per heavy atom. The van der Waals surface area contributed by atoms with Crippen molar-refractivity contribution in [2.45, 2.75) is 24.2 Å². The zero-order chi connectivity index (χ0) is 32.2. The molecule has 6 rings (SSSR count). The minimum absolute atomic E-state index is 0.161. The maximum Gasteiger partial charge on any atom is 0.340 e. The second kappa shape index (κ2) is 13.4. The Balaban J connectivity index is 1.55. The van der Waals surface area contributed by atoms with Gasteiger partial charge in [0.15, 0.2) is 10.3 Å². The third-order valence-electron chi connectivity index (χ3n) is 6.96. The van der Waals surface area contributed by atoms with Crippen molar-refractivity contribution in [3.8, 4) is 11.4 Å². The van der Waals surface area contributed by atoms with E-state index in [4.69, 9.17) is 19.4 Å². The van der Waals surface area contributed by atoms with Crippen LogP contribution in [0.5, 0.6) is 0 Å². The SMILES string of the molecule is CCOC(=O)c1ccccc1-n1c(SSc2nc3ccccc3c(=O)n2-c2ccccc2C(=O)OCC)nc2ccccc2c1=O. The lowest BCUT2D eigenvalue weighted by Gasteiger charge is -2.17. The summed E-state index contributed by atoms with van der Waals surface area (Å²) in [5.74, 6) is -1.16. The highest BCUT2D eigenvalue weighted by molar-refractivity contribution is 8.76. The molecular weight excluding hydrogens is 625 g/mol. The van der Waals surface area contributed by atoms with Crippen LogP contribution in [0.3, 0.4) is 0 Å². The lowest BCUT2D eigenvalue weighted by molar-refractivity contribution is 0.0516. The summed E-state index contributed by atoms with van der Waals surface area (Å²) in [6.45, 7) is 3.73. The molecule has 6 aromatic rings. The molecule has 12 heteroatoms. The van der Waals surface area contributed by atoms with E-state index in [1.54, 1.807) is 111 Å². The molecule has 0 radical (unpaired) electrons. The van der Waals surface area contributed by atoms with Crippen LogP contribution in [-0.4, -0.2) is 44.3 Å². The standard InChI is InChI=1S/C34H26N4O6S2/c1-3-43-31(41)23-15-7-11-19-27(23)37-29(39)21-13-5-9-17-25(21)35-33(37)45-46-34-36-26-18-10-6-14-22(26)30(40)38(34)28-20-12-8-16-24(28)32(42)44-4-2/h5-20H,3-4H2,1-2H3. The van der Waals surface area contributed by atoms with E-state index < -0.39 is 11.9 Å². The van der Waals surface area contributed by atoms with Crippen molar-refractivity contribution < 1.29 is 19.1 Å². The van der Waals surface area contributed by atoms with Crippen molar-refractivity contribution in [3.05, 3.63) is 129 Å². The molecular formula is C34H26N4O6S2. The molecule has 0 N–H and O–H groups in total. The summed E-state index contributed by atoms with van der Waals surface area (Å²) in [7, 11) is 2.17. The van der Waals surface area contributed by atoms with Crippen LogP contribution < -0.4 is 11.1 Å². The van der Waals surface area contributed by atoms with Crippen LogP contribution in [0.15, 0.2) is 117 Å². The predicted molar refractivity (Wildman–Crippen MR) is 178 cm³/mol. The summed E-state index contributed by atoms with van der Waals surface area (Å²) in [6.07, 6.45) is 0. The van der Waals surface area contributed by atoms with Gasteiger partial charge in [0.2, 0.25) is 0 Å². The highest BCUT2D eigenvalue weighted by Crippen LogP contribution is 2.38. The number of para-hydroxylation sites is 4. The predicted octanol–water partition coefficient (Wildman–Crippen LogP) is 6.24. The van der Waals surface area contributed by atoms with E-state index in [0.717, 1.165) is 21.6 Å². The molecule has 0 aliphatic carbocycles. The number of hydrogen-bond acceptors (Lipinski definition) is 10. The second-order valence-corrected chi connectivity index (χ2v) is 11.8. The van der Waals surface area contributed by atoms with Gasteiger partial charge in [-0.15, -0.1) is 0 Å². The molecule has 0 aliphatic heterocycles. The molecule has 0 aliphatic rings. The molecule has 0 amide bonds. The van der Waals surface area contributed by atoms with Crippen LogP contribution in [0.1, 0.15) is 34.6 Å². The molecule has 0 bridgehead atoms. The van der Waals surface area contributed by atoms with Gasteiger partial charge >= 0.3 is 11.9 Å². The topological polar surface area (TPSA) is 122 Å². The molecule has 0 unspecified atom stereocenters. The molecule has 46 heavy (non-hydrogen) atoms. The van der Waals surface area contributed by atoms with Gasteiger partial charge in [0.25, 0.3) is 11.1 Å². The zero-order valence-corrected chi connectivity index (χ0v) is 26.3. The third kappa shape index (κ3) is 5.80. The minimum atomic E-state index is -0.581. The first-order chi connectivity index (χ1) is 22.4. The number of benzene rings is 4. The molecule has 0 spiro atoms. The van der Waals surface area contributed by atoms with Gasteiger partial charge < -0.3 is 9.47 Å². The molecule has 0 saturated heterocycles. The Morgan fingerprint density at radius 1 is 0.587 bits per heavy atom. The fourth-order valence-corrected chi connectivity index (χ4v) is 6.99. The Labute approximate surface area is 270 Å². The Bertz CT molecular complexity index is 2090. The molecule has 4 aromatic carbocycles. The van der Waals surface area contributed by atoms with Gasteiger partial charge in [0, 0.05) is 0 Å². The lowest BCUT2D eigenvalue weighted by Crippen LogP contribution is -2.24. The van der Waals surface area contributed by atoms with Crippen LogP contribution in [0.25, 0.3) is 33.2 Å². The summed E-state index contributed by atoms with van der Waals surface area (Å²) < 4.78 is 13.3. The lowest BCUT2D eigenvalue weighted by atomic mass is 10.1. The average molecular weight is 651 g/mol. The highest BCUT2D eigenvalue weighted by atomic mass is 33.1. The van der Waals surface area contributed by atoms with Gasteiger partial charge in [-0.05, 0) is 84.0 Å². The van der Waals surface area contributed by atoms with Crippen LogP contribution in [0.2, 0.25) is 0 Å². The maximum atomic E-state index is 14.0. The Morgan fingerprint density at radius 2 is 0.957 bits per heavy atom. The second-order valence-electron chi connectivity index (χ2n) is 9.75. The van der Waals surface area contributed by atoms with E-state index in [9.17, 15) is 19.2 Å². The Hall–Kier alpha value is -5.20. The van der Waals surface area contributed by atoms with Crippen LogP contribution in [0, 0.1) is 0 Å². The number of esters is 2. The Kier molecular flexibility index (Phi) is 8.99. The number of nitrogens with zero attached hydrogens (tertiary/aromatic N) is 4. The van der Waals surface area contributed by atoms with Crippen molar-refractivity contribution in [1.82, 2.24) is 19.1 Å². The fourth-order valence-electron chi connectivity index (χ4n) is 4.94. The number of carbonyl (C=O) groups is 2. The van der Waals surface area contributed by atoms with E-state index in [1.165, 1.54) is 9.13 Å². The van der Waals surface area contributed by atoms with E-state index in [-0.39, 0.29) is 45.8 Å². The summed E-state index contributed by atoms with van der Waals surface area (Å²) >= 11 is 0. The fraction of sp³-hybridized carbons (Fsp3) is 0.118. The average Bonchev–Trinajstić information content (AvgIpc) is 3.08. The largest absolute Gasteiger partial charge is 0.462 e. The summed E-state index contributed by atoms with van der Waals surface area (Å²) in [6, 6.07) is 27.1. The van der Waals surface area contributed by atoms with Gasteiger partial charge in [-0.25, -0.2) is 19.6 Å². The number of ether oxygens (including phenoxy) is 2. The number of hydrogen-bond donors (Lipinski definition) is 0. The molecule has 230 valence electrons. The monoisotopic (exact) mass is 650 g/mol. The first-order valence-electron chi connectivity index (χ1n) is 14.3. The number of aromatic nitrogens is 4. The number of carbonyl (C=O) groups excluding carboxylic acids is 2. The first kappa shape index (κ1) is 30.8. The molecule has 0 saturated carbocycles. The molecule has 2 heterocycles. The molecule has 0 atom stereocenters. The van der Waals surface area contributed by atoms with Gasteiger partial charge in [-0.3, -0.25) is 18.7 Å². The van der Waals surface area contributed by atoms with Crippen molar-refractivity contribution in [1.29, 1.82) is 0 Å². The van der Waals surface area contributed by atoms with E-state index in [1.807, 2.05) is 0 Å². The van der Waals surface area contributed by atoms with E-state index in [2.05, 4.69) is 0 Å². The van der Waals surface area contributed by atoms with Gasteiger partial charge in [0.1, 0.15) is 0 Å². The summed E-state index contributed by atoms with van der Waals surface area (Å²) in [5, 5.41) is 1.19. The summed E-state index contributed by atoms with van der Waals surface area (Å²) in [5.41, 5.74) is 1.12.